The molecule has 1 saturated heterocycles. The van der Waals surface area contributed by atoms with Crippen LogP contribution in [0, 0.1) is 0 Å². The van der Waals surface area contributed by atoms with Crippen LogP contribution >= 0.6 is 0 Å². The smallest absolute Gasteiger partial charge is 0.306 e. The van der Waals surface area contributed by atoms with E-state index < -0.39 is 43.4 Å². The number of carbonyl (C=O) groups excluding carboxylic acids is 1. The van der Waals surface area contributed by atoms with Crippen LogP contribution in [0.2, 0.25) is 0 Å². The minimum atomic E-state index is -1.54. The van der Waals surface area contributed by atoms with E-state index in [2.05, 4.69) is 62.5 Å². The van der Waals surface area contributed by atoms with Gasteiger partial charge in [0, 0.05) is 13.0 Å². The fraction of sp³-hybridized carbons (Fsp3) is 0.852. The van der Waals surface area contributed by atoms with Crippen molar-refractivity contribution in [2.75, 3.05) is 26.4 Å². The summed E-state index contributed by atoms with van der Waals surface area (Å²) >= 11 is 0. The first kappa shape index (κ1) is 66.2. The topological polar surface area (TPSA) is 135 Å². The number of allylic oxidation sites excluding steroid dienone is 8. The molecule has 70 heavy (non-hydrogen) atoms. The van der Waals surface area contributed by atoms with Crippen LogP contribution in [0.25, 0.3) is 0 Å². The molecule has 410 valence electrons. The second-order valence-electron chi connectivity index (χ2n) is 20.4. The molecule has 4 N–H and O–H groups in total. The minimum Gasteiger partial charge on any atom is -0.457 e. The summed E-state index contributed by atoms with van der Waals surface area (Å²) in [5.41, 5.74) is 0. The molecule has 0 amide bonds. The monoisotopic (exact) mass is 989 g/mol. The van der Waals surface area contributed by atoms with Gasteiger partial charge in [-0.25, -0.2) is 0 Å². The Morgan fingerprint density at radius 2 is 0.829 bits per heavy atom. The summed E-state index contributed by atoms with van der Waals surface area (Å²) in [6, 6.07) is 0. The first-order chi connectivity index (χ1) is 34.4. The fourth-order valence-corrected chi connectivity index (χ4v) is 9.08. The maximum Gasteiger partial charge on any atom is 0.306 e. The Labute approximate surface area is 431 Å². The highest BCUT2D eigenvalue weighted by atomic mass is 16.7. The largest absolute Gasteiger partial charge is 0.457 e. The first-order valence-corrected chi connectivity index (χ1v) is 29.7. The molecule has 0 aromatic heterocycles. The predicted octanol–water partition coefficient (Wildman–Crippen LogP) is 15.6. The van der Waals surface area contributed by atoms with E-state index >= 15 is 0 Å². The van der Waals surface area contributed by atoms with Crippen molar-refractivity contribution < 1.29 is 44.2 Å². The van der Waals surface area contributed by atoms with Crippen LogP contribution in [0.1, 0.15) is 271 Å². The van der Waals surface area contributed by atoms with Crippen LogP contribution in [0.15, 0.2) is 48.6 Å². The molecule has 0 radical (unpaired) electrons. The third kappa shape index (κ3) is 41.6. The predicted molar refractivity (Wildman–Crippen MR) is 293 cm³/mol. The molecular formula is C61H112O9. The summed E-state index contributed by atoms with van der Waals surface area (Å²) in [7, 11) is 0. The van der Waals surface area contributed by atoms with Gasteiger partial charge in [-0.1, -0.05) is 236 Å². The van der Waals surface area contributed by atoms with Gasteiger partial charge in [0.1, 0.15) is 30.5 Å². The zero-order valence-electron chi connectivity index (χ0n) is 45.5. The van der Waals surface area contributed by atoms with Crippen molar-refractivity contribution in [1.82, 2.24) is 0 Å². The summed E-state index contributed by atoms with van der Waals surface area (Å²) in [4.78, 5) is 12.9. The van der Waals surface area contributed by atoms with Gasteiger partial charge in [-0.2, -0.15) is 0 Å². The van der Waals surface area contributed by atoms with E-state index in [1.165, 1.54) is 205 Å². The molecule has 1 rings (SSSR count). The maximum absolute atomic E-state index is 12.9. The summed E-state index contributed by atoms with van der Waals surface area (Å²) in [6.07, 6.45) is 60.1. The van der Waals surface area contributed by atoms with Gasteiger partial charge in [0.2, 0.25) is 0 Å². The number of esters is 1. The molecule has 0 aromatic rings. The molecule has 0 aromatic carbocycles. The van der Waals surface area contributed by atoms with E-state index in [9.17, 15) is 25.2 Å². The standard InChI is InChI=1S/C61H112O9/c1-3-5-7-9-11-13-15-17-19-21-23-25-27-29-31-33-35-37-39-41-43-45-47-49-51-67-53-55(54-68-61-60(66)59(65)58(64)56(52-62)70-61)69-57(63)50-48-46-44-42-40-38-36-34-32-30-28-26-24-22-20-18-16-14-12-10-8-6-4-2/h15,17,21-24,27,29,55-56,58-62,64-66H,3-14,16,18-20,25-26,28,30-54H2,1-2H3/b17-15-,23-21-,24-22-,29-27-. The zero-order chi connectivity index (χ0) is 50.6. The number of ether oxygens (including phenoxy) is 4. The number of aliphatic hydroxyl groups excluding tert-OH is 4. The van der Waals surface area contributed by atoms with Crippen molar-refractivity contribution in [1.29, 1.82) is 0 Å². The van der Waals surface area contributed by atoms with E-state index in [4.69, 9.17) is 18.9 Å². The summed E-state index contributed by atoms with van der Waals surface area (Å²) in [6.45, 7) is 4.57. The number of carbonyl (C=O) groups is 1. The van der Waals surface area contributed by atoms with E-state index in [1.807, 2.05) is 0 Å². The van der Waals surface area contributed by atoms with Crippen molar-refractivity contribution in [2.45, 2.75) is 307 Å². The van der Waals surface area contributed by atoms with E-state index in [0.29, 0.717) is 13.0 Å². The first-order valence-electron chi connectivity index (χ1n) is 29.7. The van der Waals surface area contributed by atoms with Gasteiger partial charge in [-0.15, -0.1) is 0 Å². The SMILES string of the molecule is CCCCCCC/C=C\C/C=C\C/C=C\CCCCCCCCCCCOCC(COC1OC(CO)C(O)C(O)C1O)OC(=O)CCCCCCCCCCCCC/C=C\CCCCCCCCCC. The number of aliphatic hydroxyl groups is 4. The van der Waals surface area contributed by atoms with Crippen LogP contribution in [0.5, 0.6) is 0 Å². The maximum atomic E-state index is 12.9. The van der Waals surface area contributed by atoms with Crippen molar-refractivity contribution in [3.8, 4) is 0 Å². The highest BCUT2D eigenvalue weighted by molar-refractivity contribution is 5.69. The third-order valence-corrected chi connectivity index (χ3v) is 13.7. The van der Waals surface area contributed by atoms with Gasteiger partial charge in [0.15, 0.2) is 6.29 Å². The van der Waals surface area contributed by atoms with Crippen molar-refractivity contribution >= 4 is 5.97 Å². The molecule has 1 fully saturated rings. The quantitative estimate of drug-likeness (QED) is 0.0267. The molecule has 6 atom stereocenters. The molecule has 1 heterocycles. The van der Waals surface area contributed by atoms with E-state index in [-0.39, 0.29) is 19.2 Å². The van der Waals surface area contributed by atoms with Gasteiger partial charge in [0.25, 0.3) is 0 Å². The summed E-state index contributed by atoms with van der Waals surface area (Å²) < 4.78 is 23.0. The second-order valence-corrected chi connectivity index (χ2v) is 20.4. The van der Waals surface area contributed by atoms with Crippen molar-refractivity contribution in [3.63, 3.8) is 0 Å². The summed E-state index contributed by atoms with van der Waals surface area (Å²) in [5, 5.41) is 40.4. The number of rotatable bonds is 52. The molecule has 6 unspecified atom stereocenters. The molecule has 0 aliphatic carbocycles. The van der Waals surface area contributed by atoms with E-state index in [1.54, 1.807) is 0 Å². The molecule has 0 saturated carbocycles. The second kappa shape index (κ2) is 52.0. The highest BCUT2D eigenvalue weighted by Gasteiger charge is 2.44. The van der Waals surface area contributed by atoms with Gasteiger partial charge in [-0.3, -0.25) is 4.79 Å². The molecule has 9 heteroatoms. The van der Waals surface area contributed by atoms with Crippen LogP contribution in [0.4, 0.5) is 0 Å². The van der Waals surface area contributed by atoms with Crippen LogP contribution in [0.3, 0.4) is 0 Å². The number of unbranched alkanes of at least 4 members (excludes halogenated alkanes) is 33. The van der Waals surface area contributed by atoms with Crippen LogP contribution in [-0.4, -0.2) is 89.6 Å². The Bertz CT molecular complexity index is 1220. The van der Waals surface area contributed by atoms with Crippen molar-refractivity contribution in [2.24, 2.45) is 0 Å². The lowest BCUT2D eigenvalue weighted by Gasteiger charge is -2.39. The molecular weight excluding hydrogens is 877 g/mol. The Hall–Kier alpha value is -1.85. The lowest BCUT2D eigenvalue weighted by Crippen LogP contribution is -2.59. The Kier molecular flexibility index (Phi) is 49.2. The number of hydrogen-bond acceptors (Lipinski definition) is 9. The van der Waals surface area contributed by atoms with Crippen LogP contribution < -0.4 is 0 Å². The van der Waals surface area contributed by atoms with Crippen molar-refractivity contribution in [3.05, 3.63) is 48.6 Å². The Morgan fingerprint density at radius 3 is 1.26 bits per heavy atom. The normalized spacial score (nSPS) is 19.2. The molecule has 0 spiro atoms. The lowest BCUT2D eigenvalue weighted by molar-refractivity contribution is -0.305. The number of hydrogen-bond donors (Lipinski definition) is 4. The molecule has 0 bridgehead atoms. The molecule has 9 nitrogen and oxygen atoms in total. The van der Waals surface area contributed by atoms with E-state index in [0.717, 1.165) is 44.9 Å². The van der Waals surface area contributed by atoms with Gasteiger partial charge >= 0.3 is 5.97 Å². The molecule has 1 aliphatic rings. The van der Waals surface area contributed by atoms with Gasteiger partial charge in [-0.05, 0) is 77.0 Å². The fourth-order valence-electron chi connectivity index (χ4n) is 9.08. The Balaban J connectivity index is 2.15. The third-order valence-electron chi connectivity index (χ3n) is 13.7. The Morgan fingerprint density at radius 1 is 0.457 bits per heavy atom. The average Bonchev–Trinajstić information content (AvgIpc) is 3.36. The highest BCUT2D eigenvalue weighted by Crippen LogP contribution is 2.23. The summed E-state index contributed by atoms with van der Waals surface area (Å²) in [5.74, 6) is -0.313. The minimum absolute atomic E-state index is 0.115. The average molecular weight is 990 g/mol. The van der Waals surface area contributed by atoms with Crippen LogP contribution in [-0.2, 0) is 23.7 Å². The van der Waals surface area contributed by atoms with Gasteiger partial charge in [0.05, 0.1) is 19.8 Å². The zero-order valence-corrected chi connectivity index (χ0v) is 45.5. The lowest BCUT2D eigenvalue weighted by atomic mass is 9.99. The van der Waals surface area contributed by atoms with Gasteiger partial charge < -0.3 is 39.4 Å². The molecule has 1 aliphatic heterocycles.